The van der Waals surface area contributed by atoms with Crippen LogP contribution < -0.4 is 5.32 Å². The monoisotopic (exact) mass is 405 g/mol. The van der Waals surface area contributed by atoms with Crippen LogP contribution in [0.3, 0.4) is 0 Å². The van der Waals surface area contributed by atoms with Gasteiger partial charge < -0.3 is 9.73 Å². The zero-order chi connectivity index (χ0) is 21.4. The SMILES string of the molecule is Cc1cc(C)n2nc(CCCNC(=O)c3oc4c(c3C)C(=O)CCC4)c(C#N)c2n1. The van der Waals surface area contributed by atoms with E-state index in [0.29, 0.717) is 66.0 Å². The van der Waals surface area contributed by atoms with E-state index in [2.05, 4.69) is 21.5 Å². The molecule has 0 saturated heterocycles. The Morgan fingerprint density at radius 3 is 2.87 bits per heavy atom. The van der Waals surface area contributed by atoms with Gasteiger partial charge in [0.1, 0.15) is 17.4 Å². The van der Waals surface area contributed by atoms with Gasteiger partial charge in [-0.2, -0.15) is 10.4 Å². The van der Waals surface area contributed by atoms with Gasteiger partial charge in [-0.25, -0.2) is 9.50 Å². The Hall–Kier alpha value is -3.47. The Bertz CT molecular complexity index is 1210. The lowest BCUT2D eigenvalue weighted by Gasteiger charge is -2.07. The lowest BCUT2D eigenvalue weighted by molar-refractivity contribution is 0.0919. The van der Waals surface area contributed by atoms with Gasteiger partial charge in [0.2, 0.25) is 0 Å². The van der Waals surface area contributed by atoms with Crippen LogP contribution >= 0.6 is 0 Å². The molecular weight excluding hydrogens is 382 g/mol. The van der Waals surface area contributed by atoms with E-state index >= 15 is 0 Å². The average Bonchev–Trinajstić information content (AvgIpc) is 3.23. The van der Waals surface area contributed by atoms with Crippen LogP contribution in [0, 0.1) is 32.1 Å². The van der Waals surface area contributed by atoms with Crippen LogP contribution in [-0.4, -0.2) is 32.8 Å². The minimum atomic E-state index is -0.321. The summed E-state index contributed by atoms with van der Waals surface area (Å²) in [7, 11) is 0. The number of carbonyl (C=O) groups excluding carboxylic acids is 2. The topological polar surface area (TPSA) is 113 Å². The highest BCUT2D eigenvalue weighted by Crippen LogP contribution is 2.29. The molecule has 3 heterocycles. The Balaban J connectivity index is 1.43. The third-order valence-corrected chi connectivity index (χ3v) is 5.47. The minimum absolute atomic E-state index is 0.0478. The number of hydrogen-bond acceptors (Lipinski definition) is 6. The number of furan rings is 1. The van der Waals surface area contributed by atoms with Crippen molar-refractivity contribution in [2.24, 2.45) is 0 Å². The van der Waals surface area contributed by atoms with Gasteiger partial charge in [-0.3, -0.25) is 9.59 Å². The van der Waals surface area contributed by atoms with Crippen LogP contribution in [0.2, 0.25) is 0 Å². The van der Waals surface area contributed by atoms with Gasteiger partial charge >= 0.3 is 0 Å². The molecule has 4 rings (SSSR count). The third-order valence-electron chi connectivity index (χ3n) is 5.47. The molecule has 0 bridgehead atoms. The zero-order valence-corrected chi connectivity index (χ0v) is 17.3. The number of carbonyl (C=O) groups is 2. The van der Waals surface area contributed by atoms with Crippen LogP contribution in [0.25, 0.3) is 5.65 Å². The first-order chi connectivity index (χ1) is 14.4. The zero-order valence-electron chi connectivity index (χ0n) is 17.3. The van der Waals surface area contributed by atoms with E-state index in [1.54, 1.807) is 11.4 Å². The fraction of sp³-hybridized carbons (Fsp3) is 0.409. The number of amides is 1. The van der Waals surface area contributed by atoms with Crippen molar-refractivity contribution in [2.45, 2.75) is 52.9 Å². The lowest BCUT2D eigenvalue weighted by atomic mass is 9.94. The van der Waals surface area contributed by atoms with Crippen molar-refractivity contribution in [3.05, 3.63) is 51.4 Å². The minimum Gasteiger partial charge on any atom is -0.455 e. The molecular formula is C22H23N5O3. The number of nitrogens with zero attached hydrogens (tertiary/aromatic N) is 4. The molecule has 0 saturated carbocycles. The van der Waals surface area contributed by atoms with Crippen molar-refractivity contribution >= 4 is 17.3 Å². The maximum atomic E-state index is 12.5. The second-order valence-electron chi connectivity index (χ2n) is 7.70. The lowest BCUT2D eigenvalue weighted by Crippen LogP contribution is -2.25. The molecule has 0 atom stereocenters. The molecule has 154 valence electrons. The van der Waals surface area contributed by atoms with E-state index in [9.17, 15) is 14.9 Å². The summed E-state index contributed by atoms with van der Waals surface area (Å²) in [5.41, 5.74) is 4.66. The van der Waals surface area contributed by atoms with E-state index in [4.69, 9.17) is 4.42 Å². The van der Waals surface area contributed by atoms with Crippen LogP contribution in [0.5, 0.6) is 0 Å². The maximum absolute atomic E-state index is 12.5. The first-order valence-electron chi connectivity index (χ1n) is 10.1. The molecule has 3 aromatic rings. The van der Waals surface area contributed by atoms with Gasteiger partial charge in [-0.05, 0) is 46.1 Å². The summed E-state index contributed by atoms with van der Waals surface area (Å²) in [6.45, 7) is 5.98. The summed E-state index contributed by atoms with van der Waals surface area (Å²) in [5, 5.41) is 16.9. The van der Waals surface area contributed by atoms with Crippen molar-refractivity contribution < 1.29 is 14.0 Å². The van der Waals surface area contributed by atoms with Gasteiger partial charge in [0.15, 0.2) is 17.2 Å². The molecule has 0 unspecified atom stereocenters. The normalized spacial score (nSPS) is 13.3. The van der Waals surface area contributed by atoms with E-state index in [-0.39, 0.29) is 17.5 Å². The van der Waals surface area contributed by atoms with Gasteiger partial charge in [0.25, 0.3) is 5.91 Å². The molecule has 3 aromatic heterocycles. The van der Waals surface area contributed by atoms with Crippen molar-refractivity contribution in [1.82, 2.24) is 19.9 Å². The van der Waals surface area contributed by atoms with Crippen molar-refractivity contribution in [1.29, 1.82) is 5.26 Å². The number of Topliss-reactive ketones (excluding diaryl/α,β-unsaturated/α-hetero) is 1. The number of aromatic nitrogens is 3. The highest BCUT2D eigenvalue weighted by molar-refractivity contribution is 6.03. The first kappa shape index (κ1) is 19.8. The Labute approximate surface area is 173 Å². The van der Waals surface area contributed by atoms with Gasteiger partial charge in [0, 0.05) is 36.3 Å². The second-order valence-corrected chi connectivity index (χ2v) is 7.70. The van der Waals surface area contributed by atoms with Crippen LogP contribution in [0.15, 0.2) is 10.5 Å². The largest absolute Gasteiger partial charge is 0.455 e. The van der Waals surface area contributed by atoms with E-state index in [1.165, 1.54) is 0 Å². The number of fused-ring (bicyclic) bond motifs is 2. The molecule has 30 heavy (non-hydrogen) atoms. The Morgan fingerprint density at radius 2 is 2.13 bits per heavy atom. The summed E-state index contributed by atoms with van der Waals surface area (Å²) in [6.07, 6.45) is 3.10. The number of hydrogen-bond donors (Lipinski definition) is 1. The highest BCUT2D eigenvalue weighted by atomic mass is 16.4. The predicted octanol–water partition coefficient (Wildman–Crippen LogP) is 3.00. The van der Waals surface area contributed by atoms with Crippen molar-refractivity contribution in [3.63, 3.8) is 0 Å². The standard InChI is InChI=1S/C22H23N5O3/c1-12-10-13(2)27-21(25-12)15(11-23)16(26-27)6-5-9-24-22(29)20-14(3)19-17(28)7-4-8-18(19)30-20/h10H,4-9H2,1-3H3,(H,24,29). The fourth-order valence-corrected chi connectivity index (χ4v) is 4.06. The fourth-order valence-electron chi connectivity index (χ4n) is 4.06. The van der Waals surface area contributed by atoms with Crippen LogP contribution in [0.1, 0.15) is 74.1 Å². The average molecular weight is 405 g/mol. The van der Waals surface area contributed by atoms with Gasteiger partial charge in [-0.1, -0.05) is 0 Å². The van der Waals surface area contributed by atoms with Crippen LogP contribution in [-0.2, 0) is 12.8 Å². The molecule has 0 aromatic carbocycles. The molecule has 1 N–H and O–H groups in total. The third kappa shape index (κ3) is 3.36. The molecule has 0 radical (unpaired) electrons. The number of ketones is 1. The smallest absolute Gasteiger partial charge is 0.287 e. The van der Waals surface area contributed by atoms with E-state index < -0.39 is 0 Å². The van der Waals surface area contributed by atoms with Crippen LogP contribution in [0.4, 0.5) is 0 Å². The Kier molecular flexibility index (Phi) is 5.12. The van der Waals surface area contributed by atoms with E-state index in [0.717, 1.165) is 17.8 Å². The maximum Gasteiger partial charge on any atom is 0.287 e. The molecule has 1 aliphatic carbocycles. The quantitative estimate of drug-likeness (QED) is 0.653. The van der Waals surface area contributed by atoms with Gasteiger partial charge in [0.05, 0.1) is 11.3 Å². The molecule has 8 heteroatoms. The number of aryl methyl sites for hydroxylation is 4. The first-order valence-corrected chi connectivity index (χ1v) is 10.1. The molecule has 8 nitrogen and oxygen atoms in total. The number of nitrogens with one attached hydrogen (secondary N) is 1. The van der Waals surface area contributed by atoms with Crippen molar-refractivity contribution in [2.75, 3.05) is 6.54 Å². The summed E-state index contributed by atoms with van der Waals surface area (Å²) in [4.78, 5) is 29.1. The summed E-state index contributed by atoms with van der Waals surface area (Å²) < 4.78 is 7.37. The summed E-state index contributed by atoms with van der Waals surface area (Å²) in [5.74, 6) is 0.566. The molecule has 1 aliphatic rings. The Morgan fingerprint density at radius 1 is 1.33 bits per heavy atom. The molecule has 1 amide bonds. The summed E-state index contributed by atoms with van der Waals surface area (Å²) >= 11 is 0. The second kappa shape index (κ2) is 7.75. The molecule has 0 spiro atoms. The van der Waals surface area contributed by atoms with Gasteiger partial charge in [-0.15, -0.1) is 0 Å². The summed E-state index contributed by atoms with van der Waals surface area (Å²) in [6, 6.07) is 4.13. The van der Waals surface area contributed by atoms with Crippen molar-refractivity contribution in [3.8, 4) is 6.07 Å². The number of rotatable bonds is 5. The predicted molar refractivity (Wildman–Crippen MR) is 109 cm³/mol. The molecule has 0 aliphatic heterocycles. The molecule has 0 fully saturated rings. The highest BCUT2D eigenvalue weighted by Gasteiger charge is 2.28. The number of nitriles is 1. The van der Waals surface area contributed by atoms with E-state index in [1.807, 2.05) is 19.9 Å².